The number of hydrogen-bond acceptors (Lipinski definition) is 5. The second-order valence-electron chi connectivity index (χ2n) is 5.69. The van der Waals surface area contributed by atoms with Crippen molar-refractivity contribution in [3.8, 4) is 11.8 Å². The van der Waals surface area contributed by atoms with Gasteiger partial charge in [-0.1, -0.05) is 0 Å². The summed E-state index contributed by atoms with van der Waals surface area (Å²) in [5.74, 6) is -6.20. The Labute approximate surface area is 158 Å². The van der Waals surface area contributed by atoms with Crippen molar-refractivity contribution in [2.45, 2.75) is 26.1 Å². The summed E-state index contributed by atoms with van der Waals surface area (Å²) in [6.45, 7) is 2.61. The van der Waals surface area contributed by atoms with Crippen molar-refractivity contribution < 1.29 is 32.2 Å². The fourth-order valence-electron chi connectivity index (χ4n) is 2.04. The number of nitrogens with zero attached hydrogens (tertiary/aromatic N) is 1. The van der Waals surface area contributed by atoms with Crippen LogP contribution in [0.3, 0.4) is 0 Å². The van der Waals surface area contributed by atoms with Gasteiger partial charge in [0.25, 0.3) is 5.91 Å². The van der Waals surface area contributed by atoms with Crippen LogP contribution in [0, 0.1) is 28.8 Å². The van der Waals surface area contributed by atoms with E-state index in [1.54, 1.807) is 0 Å². The third kappa shape index (κ3) is 5.01. The molecule has 2 rings (SSSR count). The van der Waals surface area contributed by atoms with E-state index in [9.17, 15) is 22.8 Å². The molecule has 0 bridgehead atoms. The van der Waals surface area contributed by atoms with Crippen molar-refractivity contribution in [1.82, 2.24) is 0 Å². The van der Waals surface area contributed by atoms with E-state index in [-0.39, 0.29) is 0 Å². The molecule has 0 saturated heterocycles. The Morgan fingerprint density at radius 3 is 2.25 bits per heavy atom. The molecule has 0 aliphatic rings. The van der Waals surface area contributed by atoms with Gasteiger partial charge in [0.05, 0.1) is 17.3 Å². The minimum atomic E-state index is -1.73. The zero-order valence-electron chi connectivity index (χ0n) is 14.8. The molecule has 0 fully saturated rings. The number of benzene rings is 2. The molecule has 2 aromatic carbocycles. The normalized spacial score (nSPS) is 12.4. The van der Waals surface area contributed by atoms with Gasteiger partial charge in [-0.15, -0.1) is 0 Å². The molecule has 0 radical (unpaired) electrons. The minimum Gasteiger partial charge on any atom is -0.479 e. The van der Waals surface area contributed by atoms with Crippen molar-refractivity contribution in [2.75, 3.05) is 5.32 Å². The third-order valence-corrected chi connectivity index (χ3v) is 3.58. The largest absolute Gasteiger partial charge is 0.479 e. The summed E-state index contributed by atoms with van der Waals surface area (Å²) in [5.41, 5.74) is -0.175. The molecule has 1 N–H and O–H groups in total. The van der Waals surface area contributed by atoms with E-state index >= 15 is 0 Å². The molecule has 0 saturated carbocycles. The number of ether oxygens (including phenoxy) is 2. The summed E-state index contributed by atoms with van der Waals surface area (Å²) in [5, 5.41) is 10.8. The van der Waals surface area contributed by atoms with Crippen molar-refractivity contribution >= 4 is 17.6 Å². The highest BCUT2D eigenvalue weighted by molar-refractivity contribution is 5.95. The van der Waals surface area contributed by atoms with Crippen LogP contribution in [0.1, 0.15) is 19.4 Å². The van der Waals surface area contributed by atoms with Crippen molar-refractivity contribution in [2.24, 2.45) is 0 Å². The second-order valence-corrected chi connectivity index (χ2v) is 5.69. The molecule has 0 spiro atoms. The van der Waals surface area contributed by atoms with E-state index in [1.165, 1.54) is 38.1 Å². The van der Waals surface area contributed by atoms with Crippen molar-refractivity contribution in [3.63, 3.8) is 0 Å². The lowest BCUT2D eigenvalue weighted by atomic mass is 10.2. The van der Waals surface area contributed by atoms with Crippen LogP contribution in [0.4, 0.5) is 18.9 Å². The number of hydrogen-bond donors (Lipinski definition) is 1. The molecule has 2 atom stereocenters. The van der Waals surface area contributed by atoms with E-state index in [1.807, 2.05) is 11.4 Å². The summed E-state index contributed by atoms with van der Waals surface area (Å²) >= 11 is 0. The molecule has 9 heteroatoms. The summed E-state index contributed by atoms with van der Waals surface area (Å²) in [6, 6.07) is 9.41. The maximum Gasteiger partial charge on any atom is 0.347 e. The first-order valence-electron chi connectivity index (χ1n) is 8.04. The number of halogens is 3. The van der Waals surface area contributed by atoms with Gasteiger partial charge in [-0.3, -0.25) is 4.79 Å². The molecular weight excluding hydrogens is 377 g/mol. The van der Waals surface area contributed by atoms with Crippen LogP contribution < -0.4 is 10.1 Å². The average molecular weight is 392 g/mol. The van der Waals surface area contributed by atoms with Crippen LogP contribution in [0.5, 0.6) is 5.75 Å². The van der Waals surface area contributed by atoms with E-state index in [2.05, 4.69) is 0 Å². The molecule has 0 aromatic heterocycles. The first kappa shape index (κ1) is 20.8. The van der Waals surface area contributed by atoms with E-state index in [0.29, 0.717) is 17.4 Å². The fraction of sp³-hybridized carbons (Fsp3) is 0.211. The standard InChI is InChI=1S/C19H15F3N2O4/c1-10(18(25)24-15-8-7-14(20)16(21)17(15)22)28-19(26)11(2)27-13-5-3-12(9-23)4-6-13/h3-8,10-11H,1-2H3,(H,24,25)/t10-,11-/m0/s1. The van der Waals surface area contributed by atoms with Gasteiger partial charge in [-0.2, -0.15) is 5.26 Å². The number of carbonyl (C=O) groups excluding carboxylic acids is 2. The average Bonchev–Trinajstić information content (AvgIpc) is 2.68. The molecule has 0 aliphatic heterocycles. The molecule has 0 heterocycles. The predicted octanol–water partition coefficient (Wildman–Crippen LogP) is 3.31. The summed E-state index contributed by atoms with van der Waals surface area (Å²) in [4.78, 5) is 24.0. The Balaban J connectivity index is 1.94. The minimum absolute atomic E-state index is 0.310. The number of anilines is 1. The van der Waals surface area contributed by atoms with E-state index < -0.39 is 47.2 Å². The Bertz CT molecular complexity index is 926. The van der Waals surface area contributed by atoms with Gasteiger partial charge in [0.15, 0.2) is 29.7 Å². The van der Waals surface area contributed by atoms with Gasteiger partial charge in [0.2, 0.25) is 0 Å². The highest BCUT2D eigenvalue weighted by atomic mass is 19.2. The summed E-state index contributed by atoms with van der Waals surface area (Å²) in [7, 11) is 0. The lowest BCUT2D eigenvalue weighted by Gasteiger charge is -2.18. The Morgan fingerprint density at radius 1 is 1.00 bits per heavy atom. The molecule has 2 aromatic rings. The van der Waals surface area contributed by atoms with Gasteiger partial charge < -0.3 is 14.8 Å². The molecule has 0 unspecified atom stereocenters. The monoisotopic (exact) mass is 392 g/mol. The van der Waals surface area contributed by atoms with Gasteiger partial charge >= 0.3 is 5.97 Å². The van der Waals surface area contributed by atoms with Crippen LogP contribution in [-0.2, 0) is 14.3 Å². The number of amides is 1. The zero-order chi connectivity index (χ0) is 20.8. The number of nitrogens with one attached hydrogen (secondary N) is 1. The maximum atomic E-state index is 13.6. The summed E-state index contributed by atoms with van der Waals surface area (Å²) < 4.78 is 50.0. The van der Waals surface area contributed by atoms with Crippen LogP contribution >= 0.6 is 0 Å². The fourth-order valence-corrected chi connectivity index (χ4v) is 2.04. The zero-order valence-corrected chi connectivity index (χ0v) is 14.8. The van der Waals surface area contributed by atoms with Gasteiger partial charge in [0, 0.05) is 0 Å². The van der Waals surface area contributed by atoms with Gasteiger partial charge in [0.1, 0.15) is 5.75 Å². The van der Waals surface area contributed by atoms with Gasteiger partial charge in [-0.25, -0.2) is 18.0 Å². The summed E-state index contributed by atoms with van der Waals surface area (Å²) in [6.07, 6.45) is -2.43. The number of carbonyl (C=O) groups is 2. The topological polar surface area (TPSA) is 88.4 Å². The lowest BCUT2D eigenvalue weighted by Crippen LogP contribution is -2.35. The predicted molar refractivity (Wildman–Crippen MR) is 91.7 cm³/mol. The lowest BCUT2D eigenvalue weighted by molar-refractivity contribution is -0.159. The number of esters is 1. The quantitative estimate of drug-likeness (QED) is 0.602. The first-order chi connectivity index (χ1) is 13.2. The first-order valence-corrected chi connectivity index (χ1v) is 8.04. The SMILES string of the molecule is C[C@H](OC(=O)[C@H](C)Oc1ccc(C#N)cc1)C(=O)Nc1ccc(F)c(F)c1F. The molecular formula is C19H15F3N2O4. The number of nitriles is 1. The van der Waals surface area contributed by atoms with Crippen LogP contribution in [0.25, 0.3) is 0 Å². The maximum absolute atomic E-state index is 13.6. The van der Waals surface area contributed by atoms with Gasteiger partial charge in [-0.05, 0) is 50.2 Å². The molecule has 28 heavy (non-hydrogen) atoms. The van der Waals surface area contributed by atoms with Crippen LogP contribution in [0.2, 0.25) is 0 Å². The highest BCUT2D eigenvalue weighted by Crippen LogP contribution is 2.20. The van der Waals surface area contributed by atoms with Crippen LogP contribution in [0.15, 0.2) is 36.4 Å². The van der Waals surface area contributed by atoms with Crippen LogP contribution in [-0.4, -0.2) is 24.1 Å². The second kappa shape index (κ2) is 8.90. The molecule has 146 valence electrons. The third-order valence-electron chi connectivity index (χ3n) is 3.58. The van der Waals surface area contributed by atoms with E-state index in [0.717, 1.165) is 6.07 Å². The molecule has 0 aliphatic carbocycles. The molecule has 6 nitrogen and oxygen atoms in total. The Hall–Kier alpha value is -3.54. The smallest absolute Gasteiger partial charge is 0.347 e. The Morgan fingerprint density at radius 2 is 1.64 bits per heavy atom. The number of rotatable bonds is 6. The van der Waals surface area contributed by atoms with E-state index in [4.69, 9.17) is 14.7 Å². The highest BCUT2D eigenvalue weighted by Gasteiger charge is 2.24. The van der Waals surface area contributed by atoms with Crippen molar-refractivity contribution in [3.05, 3.63) is 59.4 Å². The Kier molecular flexibility index (Phi) is 6.60. The molecule has 1 amide bonds. The van der Waals surface area contributed by atoms with Crippen molar-refractivity contribution in [1.29, 1.82) is 5.26 Å².